The average molecular weight is 273 g/mol. The highest BCUT2D eigenvalue weighted by Gasteiger charge is 2.16. The van der Waals surface area contributed by atoms with Gasteiger partial charge in [-0.2, -0.15) is 0 Å². The van der Waals surface area contributed by atoms with E-state index >= 15 is 0 Å². The summed E-state index contributed by atoms with van der Waals surface area (Å²) in [5.74, 6) is 5.79. The van der Waals surface area contributed by atoms with Crippen molar-refractivity contribution >= 4 is 11.7 Å². The third kappa shape index (κ3) is 3.98. The third-order valence-corrected chi connectivity index (χ3v) is 2.96. The standard InChI is InChI=1S/C15H19N3O2/c1-12-9-13(3-2-4-16)11-14(10-12)17-15(19)18-5-7-20-8-6-18/h9-11H,4-8,16H2,1H3,(H,17,19). The van der Waals surface area contributed by atoms with Gasteiger partial charge in [-0.15, -0.1) is 0 Å². The van der Waals surface area contributed by atoms with Gasteiger partial charge in [0.1, 0.15) is 0 Å². The van der Waals surface area contributed by atoms with E-state index in [4.69, 9.17) is 10.5 Å². The number of rotatable bonds is 1. The van der Waals surface area contributed by atoms with Crippen LogP contribution in [0.1, 0.15) is 11.1 Å². The number of nitrogens with zero attached hydrogens (tertiary/aromatic N) is 1. The molecule has 0 bridgehead atoms. The average Bonchev–Trinajstić information content (AvgIpc) is 2.45. The predicted molar refractivity (Wildman–Crippen MR) is 78.5 cm³/mol. The lowest BCUT2D eigenvalue weighted by Crippen LogP contribution is -2.43. The van der Waals surface area contributed by atoms with E-state index in [9.17, 15) is 4.79 Å². The Morgan fingerprint density at radius 1 is 1.40 bits per heavy atom. The fraction of sp³-hybridized carbons (Fsp3) is 0.400. The molecule has 0 saturated carbocycles. The van der Waals surface area contributed by atoms with Crippen molar-refractivity contribution in [3.63, 3.8) is 0 Å². The van der Waals surface area contributed by atoms with Crippen molar-refractivity contribution in [1.82, 2.24) is 4.90 Å². The summed E-state index contributed by atoms with van der Waals surface area (Å²) >= 11 is 0. The SMILES string of the molecule is Cc1cc(C#CCN)cc(NC(=O)N2CCOCC2)c1. The van der Waals surface area contributed by atoms with Crippen LogP contribution < -0.4 is 11.1 Å². The van der Waals surface area contributed by atoms with Crippen LogP contribution >= 0.6 is 0 Å². The zero-order chi connectivity index (χ0) is 14.4. The summed E-state index contributed by atoms with van der Waals surface area (Å²) < 4.78 is 5.23. The second kappa shape index (κ2) is 6.94. The molecule has 0 unspecified atom stereocenters. The lowest BCUT2D eigenvalue weighted by molar-refractivity contribution is 0.0564. The second-order valence-electron chi connectivity index (χ2n) is 4.62. The van der Waals surface area contributed by atoms with E-state index in [-0.39, 0.29) is 6.03 Å². The van der Waals surface area contributed by atoms with Gasteiger partial charge in [0.25, 0.3) is 0 Å². The fourth-order valence-corrected chi connectivity index (χ4v) is 2.05. The van der Waals surface area contributed by atoms with Gasteiger partial charge in [-0.1, -0.05) is 11.8 Å². The van der Waals surface area contributed by atoms with Crippen molar-refractivity contribution in [1.29, 1.82) is 0 Å². The summed E-state index contributed by atoms with van der Waals surface area (Å²) in [6.45, 7) is 4.72. The Bertz CT molecular complexity index is 540. The van der Waals surface area contributed by atoms with Crippen LogP contribution in [-0.2, 0) is 4.74 Å². The van der Waals surface area contributed by atoms with Gasteiger partial charge in [0.15, 0.2) is 0 Å². The normalized spacial score (nSPS) is 14.4. The number of nitrogens with one attached hydrogen (secondary N) is 1. The highest BCUT2D eigenvalue weighted by Crippen LogP contribution is 2.15. The number of amides is 2. The maximum absolute atomic E-state index is 12.1. The van der Waals surface area contributed by atoms with Crippen LogP contribution in [0, 0.1) is 18.8 Å². The second-order valence-corrected chi connectivity index (χ2v) is 4.62. The Kier molecular flexibility index (Phi) is 4.99. The van der Waals surface area contributed by atoms with Crippen LogP contribution in [0.25, 0.3) is 0 Å². The molecular weight excluding hydrogens is 254 g/mol. The molecule has 106 valence electrons. The first-order chi connectivity index (χ1) is 9.69. The monoisotopic (exact) mass is 273 g/mol. The third-order valence-electron chi connectivity index (χ3n) is 2.96. The van der Waals surface area contributed by atoms with Crippen molar-refractivity contribution in [2.45, 2.75) is 6.92 Å². The minimum absolute atomic E-state index is 0.100. The lowest BCUT2D eigenvalue weighted by Gasteiger charge is -2.27. The van der Waals surface area contributed by atoms with Crippen molar-refractivity contribution in [3.8, 4) is 11.8 Å². The van der Waals surface area contributed by atoms with E-state index in [2.05, 4.69) is 17.2 Å². The molecule has 0 spiro atoms. The van der Waals surface area contributed by atoms with Crippen molar-refractivity contribution in [2.24, 2.45) is 5.73 Å². The number of morpholine rings is 1. The number of aryl methyl sites for hydroxylation is 1. The molecule has 1 aromatic rings. The zero-order valence-electron chi connectivity index (χ0n) is 11.6. The minimum atomic E-state index is -0.100. The van der Waals surface area contributed by atoms with Crippen molar-refractivity contribution in [3.05, 3.63) is 29.3 Å². The van der Waals surface area contributed by atoms with Crippen LogP contribution in [0.3, 0.4) is 0 Å². The van der Waals surface area contributed by atoms with E-state index < -0.39 is 0 Å². The Morgan fingerprint density at radius 3 is 2.85 bits per heavy atom. The summed E-state index contributed by atoms with van der Waals surface area (Å²) in [5.41, 5.74) is 8.02. The molecule has 3 N–H and O–H groups in total. The number of hydrogen-bond donors (Lipinski definition) is 2. The Hall–Kier alpha value is -2.03. The molecule has 5 nitrogen and oxygen atoms in total. The van der Waals surface area contributed by atoms with E-state index in [1.54, 1.807) is 4.90 Å². The number of carbonyl (C=O) groups is 1. The number of benzene rings is 1. The smallest absolute Gasteiger partial charge is 0.322 e. The number of nitrogens with two attached hydrogens (primary N) is 1. The van der Waals surface area contributed by atoms with Crippen LogP contribution in [0.4, 0.5) is 10.5 Å². The topological polar surface area (TPSA) is 67.6 Å². The molecule has 1 saturated heterocycles. The van der Waals surface area contributed by atoms with Crippen LogP contribution in [0.15, 0.2) is 18.2 Å². The minimum Gasteiger partial charge on any atom is -0.378 e. The molecule has 1 aliphatic heterocycles. The van der Waals surface area contributed by atoms with Gasteiger partial charge in [0.2, 0.25) is 0 Å². The first-order valence-electron chi connectivity index (χ1n) is 6.63. The number of carbonyl (C=O) groups excluding carboxylic acids is 1. The summed E-state index contributed by atoms with van der Waals surface area (Å²) in [7, 11) is 0. The lowest BCUT2D eigenvalue weighted by atomic mass is 10.1. The van der Waals surface area contributed by atoms with Crippen molar-refractivity contribution < 1.29 is 9.53 Å². The van der Waals surface area contributed by atoms with Gasteiger partial charge >= 0.3 is 6.03 Å². The first-order valence-corrected chi connectivity index (χ1v) is 6.63. The summed E-state index contributed by atoms with van der Waals surface area (Å²) in [6.07, 6.45) is 0. The van der Waals surface area contributed by atoms with Gasteiger partial charge in [0, 0.05) is 24.3 Å². The molecule has 0 aromatic heterocycles. The number of hydrogen-bond acceptors (Lipinski definition) is 3. The highest BCUT2D eigenvalue weighted by molar-refractivity contribution is 5.89. The maximum atomic E-state index is 12.1. The van der Waals surface area contributed by atoms with Crippen LogP contribution in [-0.4, -0.2) is 43.8 Å². The quantitative estimate of drug-likeness (QED) is 0.755. The van der Waals surface area contributed by atoms with Gasteiger partial charge < -0.3 is 20.7 Å². The molecule has 1 fully saturated rings. The molecule has 0 aliphatic carbocycles. The molecule has 1 aliphatic rings. The molecule has 0 radical (unpaired) electrons. The summed E-state index contributed by atoms with van der Waals surface area (Å²) in [6, 6.07) is 5.64. The Labute approximate surface area is 119 Å². The molecule has 5 heteroatoms. The van der Waals surface area contributed by atoms with Gasteiger partial charge in [0.05, 0.1) is 19.8 Å². The summed E-state index contributed by atoms with van der Waals surface area (Å²) in [5, 5.41) is 2.90. The summed E-state index contributed by atoms with van der Waals surface area (Å²) in [4.78, 5) is 13.9. The molecule has 1 heterocycles. The van der Waals surface area contributed by atoms with Crippen LogP contribution in [0.2, 0.25) is 0 Å². The van der Waals surface area contributed by atoms with E-state index in [0.717, 1.165) is 16.8 Å². The molecule has 20 heavy (non-hydrogen) atoms. The van der Waals surface area contributed by atoms with Gasteiger partial charge in [-0.25, -0.2) is 4.79 Å². The largest absolute Gasteiger partial charge is 0.378 e. The Balaban J connectivity index is 2.08. The maximum Gasteiger partial charge on any atom is 0.322 e. The van der Waals surface area contributed by atoms with E-state index in [0.29, 0.717) is 32.8 Å². The number of urea groups is 1. The fourth-order valence-electron chi connectivity index (χ4n) is 2.05. The first kappa shape index (κ1) is 14.4. The highest BCUT2D eigenvalue weighted by atomic mass is 16.5. The predicted octanol–water partition coefficient (Wildman–Crippen LogP) is 1.17. The molecular formula is C15H19N3O2. The molecule has 2 rings (SSSR count). The number of anilines is 1. The zero-order valence-corrected chi connectivity index (χ0v) is 11.6. The molecule has 1 aromatic carbocycles. The van der Waals surface area contributed by atoms with Gasteiger partial charge in [-0.3, -0.25) is 0 Å². The van der Waals surface area contributed by atoms with E-state index in [1.807, 2.05) is 25.1 Å². The van der Waals surface area contributed by atoms with Crippen LogP contribution in [0.5, 0.6) is 0 Å². The van der Waals surface area contributed by atoms with E-state index in [1.165, 1.54) is 0 Å². The molecule has 0 atom stereocenters. The number of ether oxygens (including phenoxy) is 1. The Morgan fingerprint density at radius 2 is 2.15 bits per heavy atom. The van der Waals surface area contributed by atoms with Crippen molar-refractivity contribution in [2.75, 3.05) is 38.2 Å². The molecule has 2 amide bonds. The van der Waals surface area contributed by atoms with Gasteiger partial charge in [-0.05, 0) is 30.7 Å².